The number of benzene rings is 1. The van der Waals surface area contributed by atoms with Gasteiger partial charge in [-0.3, -0.25) is 4.57 Å². The summed E-state index contributed by atoms with van der Waals surface area (Å²) in [4.78, 5) is 4.99. The molecule has 0 unspecified atom stereocenters. The summed E-state index contributed by atoms with van der Waals surface area (Å²) in [6.07, 6.45) is 0.447. The number of hydrogen-bond donors (Lipinski definition) is 1. The second-order valence-corrected chi connectivity index (χ2v) is 5.78. The van der Waals surface area contributed by atoms with E-state index in [1.54, 1.807) is 0 Å². The SMILES string of the molecule is Cc1nnc(-n2c(CC(N)=S)nc3ccccc32)s1. The van der Waals surface area contributed by atoms with Crippen LogP contribution < -0.4 is 5.73 Å². The van der Waals surface area contributed by atoms with Crippen molar-refractivity contribution in [3.63, 3.8) is 0 Å². The van der Waals surface area contributed by atoms with E-state index in [1.807, 2.05) is 35.8 Å². The van der Waals surface area contributed by atoms with Gasteiger partial charge in [-0.1, -0.05) is 35.7 Å². The summed E-state index contributed by atoms with van der Waals surface area (Å²) in [6, 6.07) is 7.89. The lowest BCUT2D eigenvalue weighted by Crippen LogP contribution is -2.14. The molecule has 1 aromatic carbocycles. The molecule has 96 valence electrons. The van der Waals surface area contributed by atoms with Crippen molar-refractivity contribution < 1.29 is 0 Å². The topological polar surface area (TPSA) is 69.6 Å². The zero-order chi connectivity index (χ0) is 13.4. The first-order valence-corrected chi connectivity index (χ1v) is 6.93. The van der Waals surface area contributed by atoms with Gasteiger partial charge < -0.3 is 5.73 Å². The molecular formula is C12H11N5S2. The Balaban J connectivity index is 2.26. The van der Waals surface area contributed by atoms with E-state index in [9.17, 15) is 0 Å². The van der Waals surface area contributed by atoms with Gasteiger partial charge >= 0.3 is 0 Å². The minimum atomic E-state index is 0.415. The van der Waals surface area contributed by atoms with E-state index >= 15 is 0 Å². The molecular weight excluding hydrogens is 278 g/mol. The summed E-state index contributed by atoms with van der Waals surface area (Å²) >= 11 is 6.51. The van der Waals surface area contributed by atoms with Crippen molar-refractivity contribution in [2.75, 3.05) is 0 Å². The predicted octanol–water partition coefficient (Wildman–Crippen LogP) is 2.01. The molecule has 19 heavy (non-hydrogen) atoms. The van der Waals surface area contributed by atoms with Crippen LogP contribution in [0.15, 0.2) is 24.3 Å². The van der Waals surface area contributed by atoms with Gasteiger partial charge in [-0.05, 0) is 19.1 Å². The van der Waals surface area contributed by atoms with Crippen molar-refractivity contribution in [3.8, 4) is 5.13 Å². The molecule has 3 rings (SSSR count). The van der Waals surface area contributed by atoms with Crippen molar-refractivity contribution in [2.24, 2.45) is 5.73 Å². The number of rotatable bonds is 3. The maximum absolute atomic E-state index is 5.64. The lowest BCUT2D eigenvalue weighted by molar-refractivity contribution is 0.915. The van der Waals surface area contributed by atoms with Gasteiger partial charge in [0.05, 0.1) is 22.4 Å². The molecule has 2 aromatic heterocycles. The molecule has 0 aliphatic heterocycles. The van der Waals surface area contributed by atoms with Gasteiger partial charge in [-0.2, -0.15) is 0 Å². The summed E-state index contributed by atoms with van der Waals surface area (Å²) in [5.41, 5.74) is 7.54. The van der Waals surface area contributed by atoms with Gasteiger partial charge in [0.25, 0.3) is 0 Å². The molecule has 0 radical (unpaired) electrons. The summed E-state index contributed by atoms with van der Waals surface area (Å²) in [6.45, 7) is 1.92. The highest BCUT2D eigenvalue weighted by molar-refractivity contribution is 7.80. The third-order valence-corrected chi connectivity index (χ3v) is 3.64. The van der Waals surface area contributed by atoms with Crippen molar-refractivity contribution in [2.45, 2.75) is 13.3 Å². The first kappa shape index (κ1) is 12.2. The average molecular weight is 289 g/mol. The second kappa shape index (κ2) is 4.67. The lowest BCUT2D eigenvalue weighted by atomic mass is 10.3. The van der Waals surface area contributed by atoms with E-state index in [1.165, 1.54) is 11.3 Å². The smallest absolute Gasteiger partial charge is 0.218 e. The van der Waals surface area contributed by atoms with E-state index < -0.39 is 0 Å². The number of hydrogen-bond acceptors (Lipinski definition) is 5. The van der Waals surface area contributed by atoms with E-state index in [2.05, 4.69) is 15.2 Å². The number of fused-ring (bicyclic) bond motifs is 1. The fraction of sp³-hybridized carbons (Fsp3) is 0.167. The normalized spacial score (nSPS) is 11.0. The van der Waals surface area contributed by atoms with Gasteiger partial charge in [0.1, 0.15) is 10.8 Å². The van der Waals surface area contributed by atoms with E-state index in [0.717, 1.165) is 27.0 Å². The highest BCUT2D eigenvalue weighted by Gasteiger charge is 2.15. The summed E-state index contributed by atoms with van der Waals surface area (Å²) in [5, 5.41) is 9.94. The lowest BCUT2D eigenvalue weighted by Gasteiger charge is -2.03. The number of imidazole rings is 1. The fourth-order valence-corrected chi connectivity index (χ4v) is 2.79. The van der Waals surface area contributed by atoms with Crippen molar-refractivity contribution in [1.82, 2.24) is 19.7 Å². The number of aromatic nitrogens is 4. The van der Waals surface area contributed by atoms with Crippen LogP contribution in [0.5, 0.6) is 0 Å². The Morgan fingerprint density at radius 3 is 2.84 bits per heavy atom. The van der Waals surface area contributed by atoms with Gasteiger partial charge in [0, 0.05) is 0 Å². The zero-order valence-corrected chi connectivity index (χ0v) is 11.8. The molecule has 2 N–H and O–H groups in total. The minimum Gasteiger partial charge on any atom is -0.393 e. The van der Waals surface area contributed by atoms with Crippen LogP contribution in [0.2, 0.25) is 0 Å². The zero-order valence-electron chi connectivity index (χ0n) is 10.2. The molecule has 7 heteroatoms. The molecule has 0 aliphatic carbocycles. The van der Waals surface area contributed by atoms with Gasteiger partial charge in [-0.25, -0.2) is 4.98 Å². The van der Waals surface area contributed by atoms with Crippen LogP contribution in [0, 0.1) is 6.92 Å². The Morgan fingerprint density at radius 2 is 2.16 bits per heavy atom. The molecule has 0 atom stereocenters. The quantitative estimate of drug-likeness (QED) is 0.747. The van der Waals surface area contributed by atoms with Gasteiger partial charge in [-0.15, -0.1) is 10.2 Å². The third kappa shape index (κ3) is 2.22. The number of para-hydroxylation sites is 2. The number of nitrogens with two attached hydrogens (primary N) is 1. The Kier molecular flexibility index (Phi) is 3.00. The molecule has 0 saturated heterocycles. The van der Waals surface area contributed by atoms with Crippen molar-refractivity contribution in [1.29, 1.82) is 0 Å². The molecule has 0 saturated carbocycles. The molecule has 5 nitrogen and oxygen atoms in total. The molecule has 0 fully saturated rings. The largest absolute Gasteiger partial charge is 0.393 e. The van der Waals surface area contributed by atoms with Crippen molar-refractivity contribution >= 4 is 39.6 Å². The first-order valence-electron chi connectivity index (χ1n) is 5.70. The average Bonchev–Trinajstić information content (AvgIpc) is 2.91. The fourth-order valence-electron chi connectivity index (χ4n) is 1.94. The van der Waals surface area contributed by atoms with Crippen LogP contribution in [0.4, 0.5) is 0 Å². The molecule has 0 amide bonds. The summed E-state index contributed by atoms with van der Waals surface area (Å²) in [7, 11) is 0. The highest BCUT2D eigenvalue weighted by atomic mass is 32.1. The summed E-state index contributed by atoms with van der Waals surface area (Å²) < 4.78 is 1.97. The first-order chi connectivity index (χ1) is 9.15. The highest BCUT2D eigenvalue weighted by Crippen LogP contribution is 2.23. The van der Waals surface area contributed by atoms with Gasteiger partial charge in [0.2, 0.25) is 5.13 Å². The molecule has 0 bridgehead atoms. The number of nitrogens with zero attached hydrogens (tertiary/aromatic N) is 4. The Labute approximate surface area is 119 Å². The molecule has 2 heterocycles. The summed E-state index contributed by atoms with van der Waals surface area (Å²) in [5.74, 6) is 0.796. The monoisotopic (exact) mass is 289 g/mol. The minimum absolute atomic E-state index is 0.415. The van der Waals surface area contributed by atoms with E-state index in [0.29, 0.717) is 11.4 Å². The molecule has 0 spiro atoms. The van der Waals surface area contributed by atoms with Gasteiger partial charge in [0.15, 0.2) is 0 Å². The van der Waals surface area contributed by atoms with E-state index in [-0.39, 0.29) is 0 Å². The maximum atomic E-state index is 5.64. The second-order valence-electron chi connectivity index (χ2n) is 4.10. The maximum Gasteiger partial charge on any atom is 0.218 e. The standard InChI is InChI=1S/C12H11N5S2/c1-7-15-16-12(19-7)17-9-5-3-2-4-8(9)14-11(17)6-10(13)18/h2-5H,6H2,1H3,(H2,13,18). The Morgan fingerprint density at radius 1 is 1.37 bits per heavy atom. The molecule has 3 aromatic rings. The van der Waals surface area contributed by atoms with Crippen LogP contribution in [-0.4, -0.2) is 24.7 Å². The third-order valence-electron chi connectivity index (χ3n) is 2.67. The Bertz CT molecular complexity index is 758. The van der Waals surface area contributed by atoms with Crippen LogP contribution in [0.25, 0.3) is 16.2 Å². The number of aryl methyl sites for hydroxylation is 1. The predicted molar refractivity (Wildman–Crippen MR) is 79.8 cm³/mol. The van der Waals surface area contributed by atoms with Crippen LogP contribution in [0.3, 0.4) is 0 Å². The van der Waals surface area contributed by atoms with Crippen LogP contribution in [-0.2, 0) is 6.42 Å². The van der Waals surface area contributed by atoms with Crippen LogP contribution >= 0.6 is 23.6 Å². The molecule has 0 aliphatic rings. The Hall–Kier alpha value is -1.86. The van der Waals surface area contributed by atoms with Crippen LogP contribution in [0.1, 0.15) is 10.8 Å². The van der Waals surface area contributed by atoms with Crippen molar-refractivity contribution in [3.05, 3.63) is 35.1 Å². The number of thiocarbonyl (C=S) groups is 1. The van der Waals surface area contributed by atoms with E-state index in [4.69, 9.17) is 18.0 Å².